The molecular formula is C72H140O17P2. The van der Waals surface area contributed by atoms with Gasteiger partial charge in [0.1, 0.15) is 19.3 Å². The van der Waals surface area contributed by atoms with Crippen LogP contribution in [-0.4, -0.2) is 96.7 Å². The number of phosphoric acid groups is 2. The van der Waals surface area contributed by atoms with Gasteiger partial charge in [0.25, 0.3) is 0 Å². The number of unbranched alkanes of at least 4 members (excludes halogenated alkanes) is 38. The molecule has 91 heavy (non-hydrogen) atoms. The van der Waals surface area contributed by atoms with Crippen LogP contribution in [0.3, 0.4) is 0 Å². The molecule has 0 saturated heterocycles. The third kappa shape index (κ3) is 66.5. The van der Waals surface area contributed by atoms with E-state index in [1.165, 1.54) is 167 Å². The number of aliphatic hydroxyl groups is 1. The molecular weight excluding hydrogens is 1200 g/mol. The zero-order valence-electron chi connectivity index (χ0n) is 59.3. The van der Waals surface area contributed by atoms with E-state index < -0.39 is 97.5 Å². The van der Waals surface area contributed by atoms with Gasteiger partial charge in [0.2, 0.25) is 0 Å². The van der Waals surface area contributed by atoms with Gasteiger partial charge in [-0.2, -0.15) is 0 Å². The molecule has 0 rings (SSSR count). The number of rotatable bonds is 70. The third-order valence-corrected chi connectivity index (χ3v) is 18.5. The summed E-state index contributed by atoms with van der Waals surface area (Å²) >= 11 is 0. The van der Waals surface area contributed by atoms with E-state index in [0.29, 0.717) is 37.5 Å². The molecule has 0 aromatic carbocycles. The Labute approximate surface area is 556 Å². The molecule has 0 aromatic rings. The molecule has 0 spiro atoms. The lowest BCUT2D eigenvalue weighted by Crippen LogP contribution is -2.30. The smallest absolute Gasteiger partial charge is 0.462 e. The molecule has 0 aromatic heterocycles. The first-order valence-electron chi connectivity index (χ1n) is 37.3. The molecule has 0 aliphatic rings. The molecule has 0 radical (unpaired) electrons. The van der Waals surface area contributed by atoms with Crippen molar-refractivity contribution in [3.8, 4) is 0 Å². The number of carbonyl (C=O) groups is 4. The maximum Gasteiger partial charge on any atom is 0.472 e. The minimum Gasteiger partial charge on any atom is -0.462 e. The molecule has 0 bridgehead atoms. The number of carbonyl (C=O) groups excluding carboxylic acids is 4. The lowest BCUT2D eigenvalue weighted by molar-refractivity contribution is -0.161. The van der Waals surface area contributed by atoms with Crippen LogP contribution >= 0.6 is 15.6 Å². The first-order chi connectivity index (χ1) is 43.7. The molecule has 19 heteroatoms. The fourth-order valence-corrected chi connectivity index (χ4v) is 12.5. The third-order valence-electron chi connectivity index (χ3n) is 16.6. The predicted octanol–water partition coefficient (Wildman–Crippen LogP) is 20.6. The Kier molecular flexibility index (Phi) is 61.5. The van der Waals surface area contributed by atoms with Gasteiger partial charge >= 0.3 is 39.5 Å². The summed E-state index contributed by atoms with van der Waals surface area (Å²) in [5, 5.41) is 10.6. The Morgan fingerprint density at radius 2 is 0.505 bits per heavy atom. The maximum absolute atomic E-state index is 13.0. The van der Waals surface area contributed by atoms with Crippen molar-refractivity contribution in [1.82, 2.24) is 0 Å². The van der Waals surface area contributed by atoms with Gasteiger partial charge in [0.15, 0.2) is 12.2 Å². The van der Waals surface area contributed by atoms with Crippen molar-refractivity contribution in [1.29, 1.82) is 0 Å². The molecule has 0 aliphatic carbocycles. The number of hydrogen-bond donors (Lipinski definition) is 3. The van der Waals surface area contributed by atoms with E-state index in [-0.39, 0.29) is 25.7 Å². The van der Waals surface area contributed by atoms with E-state index in [2.05, 4.69) is 48.5 Å². The van der Waals surface area contributed by atoms with Gasteiger partial charge in [-0.05, 0) is 43.4 Å². The number of phosphoric ester groups is 2. The Balaban J connectivity index is 5.16. The molecule has 17 nitrogen and oxygen atoms in total. The second kappa shape index (κ2) is 62.8. The molecule has 540 valence electrons. The topological polar surface area (TPSA) is 237 Å². The van der Waals surface area contributed by atoms with E-state index in [1.54, 1.807) is 0 Å². The summed E-state index contributed by atoms with van der Waals surface area (Å²) in [6.45, 7) is 11.7. The van der Waals surface area contributed by atoms with Crippen LogP contribution in [0.15, 0.2) is 0 Å². The minimum absolute atomic E-state index is 0.102. The monoisotopic (exact) mass is 1340 g/mol. The van der Waals surface area contributed by atoms with E-state index in [4.69, 9.17) is 37.0 Å². The summed E-state index contributed by atoms with van der Waals surface area (Å²) in [4.78, 5) is 72.5. The molecule has 0 amide bonds. The zero-order chi connectivity index (χ0) is 67.3. The minimum atomic E-state index is -4.95. The lowest BCUT2D eigenvalue weighted by Gasteiger charge is -2.21. The molecule has 2 unspecified atom stereocenters. The van der Waals surface area contributed by atoms with Gasteiger partial charge in [0.05, 0.1) is 26.4 Å². The van der Waals surface area contributed by atoms with E-state index in [1.807, 2.05) is 0 Å². The standard InChI is InChI=1S/C72H140O17P2/c1-8-9-10-11-12-13-14-15-16-17-18-19-20-21-22-23-24-25-32-41-48-55-71(76)88-67(59-82-69(74)53-46-39-31-27-26-29-36-43-50-63(2)3)61-86-90(78,79)84-57-66(73)58-85-91(80,81)87-62-68(60-83-70(75)54-47-40-35-34-38-45-52-65(6)7)89-72(77)56-49-42-33-28-30-37-44-51-64(4)5/h63-68,73H,8-62H2,1-7H3,(H,78,79)(H,80,81)/t66-,67-,68-/m1/s1. The summed E-state index contributed by atoms with van der Waals surface area (Å²) in [5.41, 5.74) is 0. The Bertz CT molecular complexity index is 1780. The molecule has 3 N–H and O–H groups in total. The van der Waals surface area contributed by atoms with Crippen LogP contribution in [0.1, 0.15) is 363 Å². The molecule has 5 atom stereocenters. The van der Waals surface area contributed by atoms with E-state index in [0.717, 1.165) is 102 Å². The highest BCUT2D eigenvalue weighted by molar-refractivity contribution is 7.47. The summed E-state index contributed by atoms with van der Waals surface area (Å²) in [6.07, 6.45) is 47.7. The fourth-order valence-electron chi connectivity index (χ4n) is 10.9. The quantitative estimate of drug-likeness (QED) is 0.0222. The second-order valence-corrected chi connectivity index (χ2v) is 30.3. The van der Waals surface area contributed by atoms with Gasteiger partial charge in [-0.1, -0.05) is 312 Å². The fraction of sp³-hybridized carbons (Fsp3) is 0.944. The first-order valence-corrected chi connectivity index (χ1v) is 40.3. The van der Waals surface area contributed by atoms with Crippen molar-refractivity contribution in [2.75, 3.05) is 39.6 Å². The average molecular weight is 1340 g/mol. The number of ether oxygens (including phenoxy) is 4. The van der Waals surface area contributed by atoms with Crippen LogP contribution < -0.4 is 0 Å². The van der Waals surface area contributed by atoms with Crippen molar-refractivity contribution in [3.63, 3.8) is 0 Å². The van der Waals surface area contributed by atoms with Crippen molar-refractivity contribution in [2.24, 2.45) is 17.8 Å². The van der Waals surface area contributed by atoms with Gasteiger partial charge in [-0.3, -0.25) is 37.3 Å². The number of esters is 4. The van der Waals surface area contributed by atoms with Gasteiger partial charge in [-0.15, -0.1) is 0 Å². The maximum atomic E-state index is 13.0. The number of aliphatic hydroxyl groups excluding tert-OH is 1. The Hall–Kier alpha value is -1.94. The zero-order valence-corrected chi connectivity index (χ0v) is 61.1. The largest absolute Gasteiger partial charge is 0.472 e. The van der Waals surface area contributed by atoms with Crippen molar-refractivity contribution in [2.45, 2.75) is 381 Å². The molecule has 0 fully saturated rings. The summed E-state index contributed by atoms with van der Waals surface area (Å²) in [5.74, 6) is -0.0296. The highest BCUT2D eigenvalue weighted by Crippen LogP contribution is 2.45. The summed E-state index contributed by atoms with van der Waals surface area (Å²) in [7, 11) is -9.90. The van der Waals surface area contributed by atoms with Crippen LogP contribution in [-0.2, 0) is 65.4 Å². The highest BCUT2D eigenvalue weighted by atomic mass is 31.2. The van der Waals surface area contributed by atoms with Crippen LogP contribution in [0, 0.1) is 17.8 Å². The molecule has 0 saturated carbocycles. The summed E-state index contributed by atoms with van der Waals surface area (Å²) < 4.78 is 68.2. The van der Waals surface area contributed by atoms with E-state index >= 15 is 0 Å². The summed E-state index contributed by atoms with van der Waals surface area (Å²) in [6, 6.07) is 0. The molecule has 0 aliphatic heterocycles. The highest BCUT2D eigenvalue weighted by Gasteiger charge is 2.30. The lowest BCUT2D eigenvalue weighted by atomic mass is 10.0. The predicted molar refractivity (Wildman–Crippen MR) is 368 cm³/mol. The van der Waals surface area contributed by atoms with Crippen LogP contribution in [0.4, 0.5) is 0 Å². The van der Waals surface area contributed by atoms with Crippen LogP contribution in [0.5, 0.6) is 0 Å². The van der Waals surface area contributed by atoms with E-state index in [9.17, 15) is 43.2 Å². The Morgan fingerprint density at radius 3 is 0.747 bits per heavy atom. The first kappa shape index (κ1) is 89.1. The average Bonchev–Trinajstić information content (AvgIpc) is 3.36. The molecule has 0 heterocycles. The van der Waals surface area contributed by atoms with Gasteiger partial charge < -0.3 is 33.8 Å². The SMILES string of the molecule is CCCCCCCCCCCCCCCCCCCCCCCC(=O)O[C@H](COC(=O)CCCCCCCCCCC(C)C)COP(=O)(O)OC[C@@H](O)COP(=O)(O)OC[C@@H](COC(=O)CCCCCCCCC(C)C)OC(=O)CCCCCCCCCC(C)C. The van der Waals surface area contributed by atoms with Gasteiger partial charge in [-0.25, -0.2) is 9.13 Å². The Morgan fingerprint density at radius 1 is 0.297 bits per heavy atom. The van der Waals surface area contributed by atoms with Crippen LogP contribution in [0.25, 0.3) is 0 Å². The van der Waals surface area contributed by atoms with Crippen LogP contribution in [0.2, 0.25) is 0 Å². The second-order valence-electron chi connectivity index (χ2n) is 27.4. The van der Waals surface area contributed by atoms with Gasteiger partial charge in [0, 0.05) is 25.7 Å². The number of hydrogen-bond acceptors (Lipinski definition) is 15. The normalized spacial score (nSPS) is 14.2. The van der Waals surface area contributed by atoms with Crippen molar-refractivity contribution >= 4 is 39.5 Å². The van der Waals surface area contributed by atoms with Crippen molar-refractivity contribution in [3.05, 3.63) is 0 Å². The van der Waals surface area contributed by atoms with Crippen molar-refractivity contribution < 1.29 is 80.2 Å².